The fourth-order valence-corrected chi connectivity index (χ4v) is 1.58. The molecule has 3 N–H and O–H groups in total. The maximum Gasteiger partial charge on any atom is 0.194 e. The average molecular weight is 200 g/mol. The number of carbonyl (C=O) groups is 1. The van der Waals surface area contributed by atoms with Gasteiger partial charge in [0.2, 0.25) is 0 Å². The largest absolute Gasteiger partial charge is 0.399 e. The molecule has 1 aromatic heterocycles. The molecule has 0 aliphatic heterocycles. The second-order valence-electron chi connectivity index (χ2n) is 3.56. The van der Waals surface area contributed by atoms with E-state index in [1.807, 2.05) is 19.1 Å². The van der Waals surface area contributed by atoms with Gasteiger partial charge in [-0.25, -0.2) is 0 Å². The average Bonchev–Trinajstić information content (AvgIpc) is 2.67. The summed E-state index contributed by atoms with van der Waals surface area (Å²) >= 11 is 0. The Morgan fingerprint density at radius 2 is 2.07 bits per heavy atom. The summed E-state index contributed by atoms with van der Waals surface area (Å²) in [6.07, 6.45) is 3.41. The molecule has 0 amide bonds. The number of aromatic nitrogens is 1. The van der Waals surface area contributed by atoms with Gasteiger partial charge in [-0.05, 0) is 36.8 Å². The number of ketones is 1. The molecule has 3 heteroatoms. The number of aromatic amines is 1. The van der Waals surface area contributed by atoms with Crippen LogP contribution in [0.3, 0.4) is 0 Å². The van der Waals surface area contributed by atoms with E-state index < -0.39 is 0 Å². The van der Waals surface area contributed by atoms with Gasteiger partial charge in [-0.15, -0.1) is 0 Å². The third-order valence-corrected chi connectivity index (χ3v) is 2.22. The number of H-pyrrole nitrogens is 1. The highest BCUT2D eigenvalue weighted by atomic mass is 16.1. The first-order valence-electron chi connectivity index (χ1n) is 4.71. The Labute approximate surface area is 87.9 Å². The van der Waals surface area contributed by atoms with E-state index in [2.05, 4.69) is 4.98 Å². The van der Waals surface area contributed by atoms with Crippen molar-refractivity contribution in [2.45, 2.75) is 6.92 Å². The van der Waals surface area contributed by atoms with Gasteiger partial charge in [0.15, 0.2) is 5.78 Å². The highest BCUT2D eigenvalue weighted by Crippen LogP contribution is 2.15. The third-order valence-electron chi connectivity index (χ3n) is 2.22. The maximum atomic E-state index is 11.9. The van der Waals surface area contributed by atoms with Crippen molar-refractivity contribution in [1.82, 2.24) is 4.98 Å². The van der Waals surface area contributed by atoms with Crippen LogP contribution in [-0.4, -0.2) is 10.8 Å². The van der Waals surface area contributed by atoms with Crippen molar-refractivity contribution < 1.29 is 4.79 Å². The fraction of sp³-hybridized carbons (Fsp3) is 0.0833. The molecule has 0 saturated carbocycles. The third kappa shape index (κ3) is 1.91. The van der Waals surface area contributed by atoms with Gasteiger partial charge < -0.3 is 10.7 Å². The SMILES string of the molecule is Cc1cc(N)cc(C(=O)c2cc[nH]c2)c1. The molecular formula is C12H12N2O. The topological polar surface area (TPSA) is 58.9 Å². The van der Waals surface area contributed by atoms with E-state index >= 15 is 0 Å². The molecule has 0 atom stereocenters. The lowest BCUT2D eigenvalue weighted by molar-refractivity contribution is 0.103. The molecule has 3 nitrogen and oxygen atoms in total. The van der Waals surface area contributed by atoms with E-state index in [0.717, 1.165) is 5.56 Å². The van der Waals surface area contributed by atoms with Crippen molar-refractivity contribution in [1.29, 1.82) is 0 Å². The van der Waals surface area contributed by atoms with Crippen LogP contribution in [-0.2, 0) is 0 Å². The van der Waals surface area contributed by atoms with Gasteiger partial charge in [0.25, 0.3) is 0 Å². The predicted molar refractivity (Wildman–Crippen MR) is 59.8 cm³/mol. The minimum atomic E-state index is -0.00773. The minimum absolute atomic E-state index is 0.00773. The summed E-state index contributed by atoms with van der Waals surface area (Å²) in [6, 6.07) is 7.13. The summed E-state index contributed by atoms with van der Waals surface area (Å²) < 4.78 is 0. The monoisotopic (exact) mass is 200 g/mol. The minimum Gasteiger partial charge on any atom is -0.399 e. The fourth-order valence-electron chi connectivity index (χ4n) is 1.58. The van der Waals surface area contributed by atoms with Crippen molar-refractivity contribution in [3.63, 3.8) is 0 Å². The Kier molecular flexibility index (Phi) is 2.29. The Hall–Kier alpha value is -2.03. The van der Waals surface area contributed by atoms with Gasteiger partial charge in [-0.3, -0.25) is 4.79 Å². The van der Waals surface area contributed by atoms with Crippen molar-refractivity contribution in [3.8, 4) is 0 Å². The van der Waals surface area contributed by atoms with Gasteiger partial charge in [0.05, 0.1) is 0 Å². The molecule has 0 fully saturated rings. The lowest BCUT2D eigenvalue weighted by Gasteiger charge is -2.02. The standard InChI is InChI=1S/C12H12N2O/c1-8-4-10(6-11(13)5-8)12(15)9-2-3-14-7-9/h2-7,14H,13H2,1H3. The number of nitrogens with one attached hydrogen (secondary N) is 1. The number of benzene rings is 1. The van der Waals surface area contributed by atoms with Gasteiger partial charge in [0.1, 0.15) is 0 Å². The van der Waals surface area contributed by atoms with Crippen LogP contribution in [0.25, 0.3) is 0 Å². The number of hydrogen-bond acceptors (Lipinski definition) is 2. The molecule has 0 saturated heterocycles. The van der Waals surface area contributed by atoms with E-state index in [-0.39, 0.29) is 5.78 Å². The summed E-state index contributed by atoms with van der Waals surface area (Å²) in [4.78, 5) is 14.8. The quantitative estimate of drug-likeness (QED) is 0.576. The first-order chi connectivity index (χ1) is 7.16. The van der Waals surface area contributed by atoms with Gasteiger partial charge >= 0.3 is 0 Å². The van der Waals surface area contributed by atoms with E-state index in [0.29, 0.717) is 16.8 Å². The molecule has 2 aromatic rings. The number of hydrogen-bond donors (Lipinski definition) is 2. The van der Waals surface area contributed by atoms with Crippen LogP contribution in [0.2, 0.25) is 0 Å². The predicted octanol–water partition coefficient (Wildman–Crippen LogP) is 2.14. The molecule has 0 radical (unpaired) electrons. The second-order valence-corrected chi connectivity index (χ2v) is 3.56. The molecule has 76 valence electrons. The number of anilines is 1. The highest BCUT2D eigenvalue weighted by molar-refractivity contribution is 6.09. The lowest BCUT2D eigenvalue weighted by atomic mass is 10.0. The van der Waals surface area contributed by atoms with Gasteiger partial charge in [0, 0.05) is 29.2 Å². The molecule has 15 heavy (non-hydrogen) atoms. The van der Waals surface area contributed by atoms with Crippen LogP contribution in [0, 0.1) is 6.92 Å². The zero-order valence-electron chi connectivity index (χ0n) is 8.45. The Bertz CT molecular complexity index is 466. The van der Waals surface area contributed by atoms with Crippen LogP contribution >= 0.6 is 0 Å². The highest BCUT2D eigenvalue weighted by Gasteiger charge is 2.09. The Balaban J connectivity index is 2.42. The summed E-state index contributed by atoms with van der Waals surface area (Å²) in [5.41, 5.74) is 8.59. The summed E-state index contributed by atoms with van der Waals surface area (Å²) in [5.74, 6) is -0.00773. The van der Waals surface area contributed by atoms with Crippen LogP contribution in [0.1, 0.15) is 21.5 Å². The first-order valence-corrected chi connectivity index (χ1v) is 4.71. The Morgan fingerprint density at radius 1 is 1.27 bits per heavy atom. The van der Waals surface area contributed by atoms with E-state index in [9.17, 15) is 4.79 Å². The summed E-state index contributed by atoms with van der Waals surface area (Å²) in [6.45, 7) is 1.92. The molecule has 1 aromatic carbocycles. The molecule has 0 spiro atoms. The zero-order valence-corrected chi connectivity index (χ0v) is 8.45. The molecule has 0 bridgehead atoms. The number of carbonyl (C=O) groups excluding carboxylic acids is 1. The van der Waals surface area contributed by atoms with Crippen LogP contribution in [0.5, 0.6) is 0 Å². The number of nitrogen functional groups attached to an aromatic ring is 1. The molecule has 0 unspecified atom stereocenters. The number of aryl methyl sites for hydroxylation is 1. The Morgan fingerprint density at radius 3 is 2.67 bits per heavy atom. The van der Waals surface area contributed by atoms with Crippen molar-refractivity contribution in [3.05, 3.63) is 53.3 Å². The molecule has 0 aliphatic rings. The summed E-state index contributed by atoms with van der Waals surface area (Å²) in [7, 11) is 0. The van der Waals surface area contributed by atoms with E-state index in [1.165, 1.54) is 0 Å². The van der Waals surface area contributed by atoms with Crippen LogP contribution < -0.4 is 5.73 Å². The second kappa shape index (κ2) is 3.61. The van der Waals surface area contributed by atoms with E-state index in [4.69, 9.17) is 5.73 Å². The van der Waals surface area contributed by atoms with Crippen molar-refractivity contribution in [2.24, 2.45) is 0 Å². The number of rotatable bonds is 2. The van der Waals surface area contributed by atoms with Crippen LogP contribution in [0.4, 0.5) is 5.69 Å². The molecule has 0 aliphatic carbocycles. The smallest absolute Gasteiger partial charge is 0.194 e. The maximum absolute atomic E-state index is 11.9. The normalized spacial score (nSPS) is 10.2. The van der Waals surface area contributed by atoms with Gasteiger partial charge in [-0.2, -0.15) is 0 Å². The van der Waals surface area contributed by atoms with Crippen LogP contribution in [0.15, 0.2) is 36.7 Å². The molecular weight excluding hydrogens is 188 g/mol. The van der Waals surface area contributed by atoms with Crippen molar-refractivity contribution >= 4 is 11.5 Å². The van der Waals surface area contributed by atoms with E-state index in [1.54, 1.807) is 24.5 Å². The zero-order chi connectivity index (χ0) is 10.8. The van der Waals surface area contributed by atoms with Crippen molar-refractivity contribution in [2.75, 3.05) is 5.73 Å². The summed E-state index contributed by atoms with van der Waals surface area (Å²) in [5, 5.41) is 0. The lowest BCUT2D eigenvalue weighted by Crippen LogP contribution is -2.01. The molecule has 2 rings (SSSR count). The number of nitrogens with two attached hydrogens (primary N) is 1. The molecule has 1 heterocycles. The first kappa shape index (κ1) is 9.52. The van der Waals surface area contributed by atoms with Gasteiger partial charge in [-0.1, -0.05) is 0 Å².